The van der Waals surface area contributed by atoms with Crippen LogP contribution >= 0.6 is 0 Å². The van der Waals surface area contributed by atoms with Gasteiger partial charge in [0.1, 0.15) is 11.6 Å². The van der Waals surface area contributed by atoms with Crippen LogP contribution in [-0.4, -0.2) is 27.9 Å². The first kappa shape index (κ1) is 21.3. The van der Waals surface area contributed by atoms with Crippen molar-refractivity contribution in [1.29, 1.82) is 0 Å². The number of carbonyl (C=O) groups excluding carboxylic acids is 2. The number of nitrogens with zero attached hydrogens (tertiary/aromatic N) is 2. The number of benzene rings is 2. The summed E-state index contributed by atoms with van der Waals surface area (Å²) in [4.78, 5) is 30.6. The van der Waals surface area contributed by atoms with Gasteiger partial charge in [0.25, 0.3) is 0 Å². The lowest BCUT2D eigenvalue weighted by atomic mass is 9.94. The third kappa shape index (κ3) is 4.25. The SMILES string of the molecule is O=C(CC1(C(=O)NC2CCc3ccccc3-n3ccnc32)CC1)c1ccc(OC(F)F)cc1. The Hall–Kier alpha value is -3.55. The zero-order valence-corrected chi connectivity index (χ0v) is 17.8. The highest BCUT2D eigenvalue weighted by Crippen LogP contribution is 2.50. The van der Waals surface area contributed by atoms with E-state index in [-0.39, 0.29) is 29.9 Å². The molecule has 1 aromatic heterocycles. The average Bonchev–Trinajstić information content (AvgIpc) is 3.46. The lowest BCUT2D eigenvalue weighted by Crippen LogP contribution is -2.37. The molecule has 3 aromatic rings. The summed E-state index contributed by atoms with van der Waals surface area (Å²) < 4.78 is 31.0. The fourth-order valence-electron chi connectivity index (χ4n) is 4.48. The summed E-state index contributed by atoms with van der Waals surface area (Å²) in [6.45, 7) is -2.92. The molecule has 0 radical (unpaired) electrons. The maximum absolute atomic E-state index is 13.3. The Labute approximate surface area is 189 Å². The van der Waals surface area contributed by atoms with Crippen LogP contribution in [0.5, 0.6) is 5.75 Å². The van der Waals surface area contributed by atoms with E-state index in [1.165, 1.54) is 29.8 Å². The van der Waals surface area contributed by atoms with E-state index in [1.54, 1.807) is 6.20 Å². The maximum Gasteiger partial charge on any atom is 0.387 e. The molecule has 6 nitrogen and oxygen atoms in total. The zero-order chi connectivity index (χ0) is 23.0. The second kappa shape index (κ2) is 8.42. The van der Waals surface area contributed by atoms with Crippen LogP contribution in [0.3, 0.4) is 0 Å². The molecule has 0 spiro atoms. The molecule has 5 rings (SSSR count). The summed E-state index contributed by atoms with van der Waals surface area (Å²) in [5.74, 6) is 0.440. The van der Waals surface area contributed by atoms with Crippen LogP contribution in [0.1, 0.15) is 53.5 Å². The second-order valence-electron chi connectivity index (χ2n) is 8.63. The van der Waals surface area contributed by atoms with Gasteiger partial charge in [-0.15, -0.1) is 0 Å². The van der Waals surface area contributed by atoms with Crippen LogP contribution in [-0.2, 0) is 11.2 Å². The topological polar surface area (TPSA) is 73.2 Å². The van der Waals surface area contributed by atoms with Crippen molar-refractivity contribution in [3.63, 3.8) is 0 Å². The molecule has 8 heteroatoms. The van der Waals surface area contributed by atoms with Crippen LogP contribution < -0.4 is 10.1 Å². The minimum absolute atomic E-state index is 0.00899. The van der Waals surface area contributed by atoms with Gasteiger partial charge in [0, 0.05) is 30.1 Å². The number of hydrogen-bond donors (Lipinski definition) is 1. The summed E-state index contributed by atoms with van der Waals surface area (Å²) in [7, 11) is 0. The summed E-state index contributed by atoms with van der Waals surface area (Å²) >= 11 is 0. The molecule has 1 fully saturated rings. The van der Waals surface area contributed by atoms with Crippen molar-refractivity contribution in [1.82, 2.24) is 14.9 Å². The first-order valence-corrected chi connectivity index (χ1v) is 11.0. The summed E-state index contributed by atoms with van der Waals surface area (Å²) in [6.07, 6.45) is 6.51. The number of carbonyl (C=O) groups is 2. The van der Waals surface area contributed by atoms with Gasteiger partial charge >= 0.3 is 6.61 Å². The number of para-hydroxylation sites is 1. The molecule has 0 saturated heterocycles. The lowest BCUT2D eigenvalue weighted by Gasteiger charge is -2.21. The highest BCUT2D eigenvalue weighted by atomic mass is 19.3. The van der Waals surface area contributed by atoms with E-state index in [4.69, 9.17) is 0 Å². The van der Waals surface area contributed by atoms with Gasteiger partial charge in [0.15, 0.2) is 5.78 Å². The number of ether oxygens (including phenoxy) is 1. The molecule has 1 amide bonds. The quantitative estimate of drug-likeness (QED) is 0.532. The number of amides is 1. The van der Waals surface area contributed by atoms with Crippen molar-refractivity contribution >= 4 is 11.7 Å². The Kier molecular flexibility index (Phi) is 5.44. The van der Waals surface area contributed by atoms with E-state index in [9.17, 15) is 18.4 Å². The minimum Gasteiger partial charge on any atom is -0.435 e. The van der Waals surface area contributed by atoms with Gasteiger partial charge in [-0.2, -0.15) is 8.78 Å². The smallest absolute Gasteiger partial charge is 0.387 e. The van der Waals surface area contributed by atoms with E-state index in [0.29, 0.717) is 18.4 Å². The number of rotatable bonds is 7. The van der Waals surface area contributed by atoms with Crippen LogP contribution in [0.15, 0.2) is 60.9 Å². The third-order valence-electron chi connectivity index (χ3n) is 6.48. The highest BCUT2D eigenvalue weighted by molar-refractivity contribution is 6.00. The molecule has 2 aromatic carbocycles. The van der Waals surface area contributed by atoms with Gasteiger partial charge in [-0.05, 0) is 61.6 Å². The van der Waals surface area contributed by atoms with Crippen LogP contribution in [0.25, 0.3) is 5.69 Å². The molecule has 2 aliphatic rings. The summed E-state index contributed by atoms with van der Waals surface area (Å²) in [5, 5.41) is 3.15. The third-order valence-corrected chi connectivity index (χ3v) is 6.48. The molecule has 1 atom stereocenters. The predicted molar refractivity (Wildman–Crippen MR) is 116 cm³/mol. The molecule has 1 unspecified atom stereocenters. The van der Waals surface area contributed by atoms with Gasteiger partial charge in [0.2, 0.25) is 5.91 Å². The number of fused-ring (bicyclic) bond motifs is 3. The number of aryl methyl sites for hydroxylation is 1. The van der Waals surface area contributed by atoms with Crippen molar-refractivity contribution in [3.05, 3.63) is 77.9 Å². The largest absolute Gasteiger partial charge is 0.435 e. The van der Waals surface area contributed by atoms with Crippen molar-refractivity contribution in [2.24, 2.45) is 5.41 Å². The second-order valence-corrected chi connectivity index (χ2v) is 8.63. The lowest BCUT2D eigenvalue weighted by molar-refractivity contribution is -0.127. The number of halogens is 2. The van der Waals surface area contributed by atoms with Gasteiger partial charge in [0.05, 0.1) is 11.5 Å². The zero-order valence-electron chi connectivity index (χ0n) is 17.8. The number of Topliss-reactive ketones (excluding diaryl/α,β-unsaturated/α-hetero) is 1. The van der Waals surface area contributed by atoms with Gasteiger partial charge in [-0.1, -0.05) is 18.2 Å². The number of aromatic nitrogens is 2. The number of alkyl halides is 2. The Morgan fingerprint density at radius 2 is 1.91 bits per heavy atom. The Balaban J connectivity index is 1.28. The van der Waals surface area contributed by atoms with Crippen LogP contribution in [0, 0.1) is 5.41 Å². The molecule has 1 N–H and O–H groups in total. The monoisotopic (exact) mass is 451 g/mol. The van der Waals surface area contributed by atoms with E-state index >= 15 is 0 Å². The van der Waals surface area contributed by atoms with Crippen molar-refractivity contribution in [2.45, 2.75) is 44.8 Å². The first-order chi connectivity index (χ1) is 15.9. The first-order valence-electron chi connectivity index (χ1n) is 11.0. The van der Waals surface area contributed by atoms with Gasteiger partial charge in [-0.25, -0.2) is 4.98 Å². The molecular weight excluding hydrogens is 428 g/mol. The standard InChI is InChI=1S/C25H23F2N3O3/c26-24(27)33-18-8-5-17(6-9-18)21(31)15-25(11-12-25)23(32)29-19-10-7-16-3-1-2-4-20(16)30-14-13-28-22(19)30/h1-6,8-9,13-14,19,24H,7,10-12,15H2,(H,29,32). The van der Waals surface area contributed by atoms with Crippen LogP contribution in [0.2, 0.25) is 0 Å². The molecular formula is C25H23F2N3O3. The Bertz CT molecular complexity index is 1190. The summed E-state index contributed by atoms with van der Waals surface area (Å²) in [6, 6.07) is 13.4. The van der Waals surface area contributed by atoms with Crippen molar-refractivity contribution in [2.75, 3.05) is 0 Å². The molecule has 2 heterocycles. The normalized spacial score (nSPS) is 18.1. The predicted octanol–water partition coefficient (Wildman–Crippen LogP) is 4.63. The van der Waals surface area contributed by atoms with Crippen molar-refractivity contribution < 1.29 is 23.1 Å². The average molecular weight is 451 g/mol. The molecule has 33 heavy (non-hydrogen) atoms. The summed E-state index contributed by atoms with van der Waals surface area (Å²) in [5.41, 5.74) is 1.91. The number of imidazole rings is 1. The van der Waals surface area contributed by atoms with E-state index in [0.717, 1.165) is 24.4 Å². The van der Waals surface area contributed by atoms with Crippen LogP contribution in [0.4, 0.5) is 8.78 Å². The molecule has 170 valence electrons. The fraction of sp³-hybridized carbons (Fsp3) is 0.320. The Morgan fingerprint density at radius 1 is 1.15 bits per heavy atom. The number of ketones is 1. The van der Waals surface area contributed by atoms with Gasteiger partial charge < -0.3 is 14.6 Å². The van der Waals surface area contributed by atoms with E-state index in [2.05, 4.69) is 21.1 Å². The molecule has 1 saturated carbocycles. The van der Waals surface area contributed by atoms with Crippen molar-refractivity contribution in [3.8, 4) is 11.4 Å². The van der Waals surface area contributed by atoms with E-state index < -0.39 is 12.0 Å². The fourth-order valence-corrected chi connectivity index (χ4v) is 4.48. The number of hydrogen-bond acceptors (Lipinski definition) is 4. The number of nitrogens with one attached hydrogen (secondary N) is 1. The van der Waals surface area contributed by atoms with Gasteiger partial charge in [-0.3, -0.25) is 9.59 Å². The molecule has 0 bridgehead atoms. The molecule has 1 aliphatic carbocycles. The Morgan fingerprint density at radius 3 is 2.64 bits per heavy atom. The molecule has 1 aliphatic heterocycles. The maximum atomic E-state index is 13.3. The minimum atomic E-state index is -2.92. The highest BCUT2D eigenvalue weighted by Gasteiger charge is 2.51. The van der Waals surface area contributed by atoms with E-state index in [1.807, 2.05) is 29.0 Å².